The minimum atomic E-state index is -4.78. The fourth-order valence-electron chi connectivity index (χ4n) is 3.37. The molecular formula is C22H22F4N2O3. The number of pyridine rings is 1. The predicted molar refractivity (Wildman–Crippen MR) is 106 cm³/mol. The van der Waals surface area contributed by atoms with Crippen LogP contribution in [0.5, 0.6) is 5.88 Å². The average molecular weight is 438 g/mol. The van der Waals surface area contributed by atoms with Gasteiger partial charge in [-0.3, -0.25) is 4.99 Å². The summed E-state index contributed by atoms with van der Waals surface area (Å²) in [5, 5.41) is 0. The number of nitrogens with zero attached hydrogens (tertiary/aromatic N) is 2. The van der Waals surface area contributed by atoms with Gasteiger partial charge in [0.25, 0.3) is 0 Å². The van der Waals surface area contributed by atoms with Crippen molar-refractivity contribution in [3.8, 4) is 5.88 Å². The smallest absolute Gasteiger partial charge is 0.417 e. The number of esters is 1. The number of ether oxygens (including phenoxy) is 2. The summed E-state index contributed by atoms with van der Waals surface area (Å²) in [6.07, 6.45) is -4.78. The highest BCUT2D eigenvalue weighted by atomic mass is 19.4. The first kappa shape index (κ1) is 22.7. The van der Waals surface area contributed by atoms with E-state index in [1.165, 1.54) is 24.3 Å². The molecule has 2 aromatic rings. The third-order valence-corrected chi connectivity index (χ3v) is 5.16. The Kier molecular flexibility index (Phi) is 6.62. The van der Waals surface area contributed by atoms with Crippen LogP contribution in [0.25, 0.3) is 0 Å². The van der Waals surface area contributed by atoms with Crippen LogP contribution in [0.2, 0.25) is 0 Å². The second kappa shape index (κ2) is 9.03. The Morgan fingerprint density at radius 3 is 2.58 bits per heavy atom. The van der Waals surface area contributed by atoms with Crippen LogP contribution >= 0.6 is 0 Å². The van der Waals surface area contributed by atoms with Gasteiger partial charge < -0.3 is 9.47 Å². The van der Waals surface area contributed by atoms with Gasteiger partial charge in [0.15, 0.2) is 6.61 Å². The van der Waals surface area contributed by atoms with Crippen molar-refractivity contribution in [1.29, 1.82) is 0 Å². The molecule has 2 atom stereocenters. The summed E-state index contributed by atoms with van der Waals surface area (Å²) in [5.74, 6) is -2.33. The van der Waals surface area contributed by atoms with Crippen molar-refractivity contribution in [3.05, 3.63) is 58.5 Å². The molecule has 9 heteroatoms. The molecule has 0 spiro atoms. The van der Waals surface area contributed by atoms with Gasteiger partial charge in [-0.1, -0.05) is 26.0 Å². The minimum Gasteiger partial charge on any atom is -0.466 e. The molecule has 3 rings (SSSR count). The predicted octanol–water partition coefficient (Wildman–Crippen LogP) is 4.77. The van der Waals surface area contributed by atoms with Crippen LogP contribution in [-0.4, -0.2) is 36.4 Å². The molecule has 1 aliphatic heterocycles. The van der Waals surface area contributed by atoms with E-state index in [4.69, 9.17) is 9.47 Å². The maximum Gasteiger partial charge on any atom is 0.417 e. The molecule has 0 radical (unpaired) electrons. The Balaban J connectivity index is 2.20. The Morgan fingerprint density at radius 1 is 1.23 bits per heavy atom. The summed E-state index contributed by atoms with van der Waals surface area (Å²) in [5.41, 5.74) is -1.34. The molecule has 0 saturated heterocycles. The quantitative estimate of drug-likeness (QED) is 0.498. The first-order valence-corrected chi connectivity index (χ1v) is 9.83. The fourth-order valence-corrected chi connectivity index (χ4v) is 3.37. The SMILES string of the molecule is CCOC(=O)COc1cc(C(F)(F)F)c2c(n1)C(C)C(C)CN=C2c1ccccc1F. The summed E-state index contributed by atoms with van der Waals surface area (Å²) in [6.45, 7) is 4.93. The molecule has 1 aliphatic rings. The number of benzene rings is 1. The van der Waals surface area contributed by atoms with E-state index in [1.807, 2.05) is 6.92 Å². The van der Waals surface area contributed by atoms with Crippen molar-refractivity contribution in [2.45, 2.75) is 32.9 Å². The van der Waals surface area contributed by atoms with Crippen molar-refractivity contribution in [2.24, 2.45) is 10.9 Å². The molecule has 0 aliphatic carbocycles. The molecule has 1 aromatic carbocycles. The van der Waals surface area contributed by atoms with Crippen molar-refractivity contribution in [2.75, 3.05) is 19.8 Å². The zero-order valence-electron chi connectivity index (χ0n) is 17.3. The van der Waals surface area contributed by atoms with Gasteiger partial charge in [-0.15, -0.1) is 0 Å². The molecule has 2 heterocycles. The van der Waals surface area contributed by atoms with E-state index >= 15 is 0 Å². The van der Waals surface area contributed by atoms with Crippen LogP contribution < -0.4 is 4.74 Å². The standard InChI is InChI=1S/C22H22F4N2O3/c1-4-30-18(29)11-31-17-9-15(22(24,25)26)19-20(28-17)13(3)12(2)10-27-21(19)14-7-5-6-8-16(14)23/h5-9,12-13H,4,10-11H2,1-3H3. The monoisotopic (exact) mass is 438 g/mol. The lowest BCUT2D eigenvalue weighted by Crippen LogP contribution is -2.21. The first-order valence-electron chi connectivity index (χ1n) is 9.83. The summed E-state index contributed by atoms with van der Waals surface area (Å²) in [7, 11) is 0. The number of hydrogen-bond acceptors (Lipinski definition) is 5. The van der Waals surface area contributed by atoms with E-state index in [0.717, 1.165) is 6.07 Å². The average Bonchev–Trinajstić information content (AvgIpc) is 2.83. The van der Waals surface area contributed by atoms with E-state index < -0.39 is 36.1 Å². The highest BCUT2D eigenvalue weighted by Gasteiger charge is 2.40. The zero-order valence-corrected chi connectivity index (χ0v) is 17.3. The number of hydrogen-bond donors (Lipinski definition) is 0. The second-order valence-electron chi connectivity index (χ2n) is 7.29. The van der Waals surface area contributed by atoms with Crippen LogP contribution in [0.4, 0.5) is 17.6 Å². The number of aliphatic imine (C=N–C) groups is 1. The van der Waals surface area contributed by atoms with E-state index in [-0.39, 0.29) is 47.5 Å². The van der Waals surface area contributed by atoms with E-state index in [9.17, 15) is 22.4 Å². The normalized spacial score (nSPS) is 18.6. The zero-order chi connectivity index (χ0) is 22.8. The van der Waals surface area contributed by atoms with Gasteiger partial charge in [0, 0.05) is 29.7 Å². The van der Waals surface area contributed by atoms with Crippen LogP contribution in [0.1, 0.15) is 49.1 Å². The van der Waals surface area contributed by atoms with E-state index in [1.54, 1.807) is 13.8 Å². The van der Waals surface area contributed by atoms with Crippen molar-refractivity contribution in [3.63, 3.8) is 0 Å². The minimum absolute atomic E-state index is 0.0301. The van der Waals surface area contributed by atoms with Crippen molar-refractivity contribution < 1.29 is 31.8 Å². The van der Waals surface area contributed by atoms with Gasteiger partial charge in [0.2, 0.25) is 5.88 Å². The number of alkyl halides is 3. The van der Waals surface area contributed by atoms with Gasteiger partial charge >= 0.3 is 12.1 Å². The Morgan fingerprint density at radius 2 is 1.94 bits per heavy atom. The third-order valence-electron chi connectivity index (χ3n) is 5.16. The van der Waals surface area contributed by atoms with Gasteiger partial charge in [-0.25, -0.2) is 14.2 Å². The Labute approximate surface area is 177 Å². The van der Waals surface area contributed by atoms with Gasteiger partial charge in [0.1, 0.15) is 5.82 Å². The largest absolute Gasteiger partial charge is 0.466 e. The molecule has 5 nitrogen and oxygen atoms in total. The lowest BCUT2D eigenvalue weighted by atomic mass is 9.87. The maximum atomic E-state index is 14.5. The van der Waals surface area contributed by atoms with Gasteiger partial charge in [0.05, 0.1) is 23.6 Å². The van der Waals surface area contributed by atoms with Crippen molar-refractivity contribution in [1.82, 2.24) is 4.98 Å². The number of carbonyl (C=O) groups is 1. The first-order chi connectivity index (χ1) is 14.6. The molecule has 1 aromatic heterocycles. The van der Waals surface area contributed by atoms with Crippen molar-refractivity contribution >= 4 is 11.7 Å². The molecule has 0 N–H and O–H groups in total. The number of rotatable bonds is 5. The summed E-state index contributed by atoms with van der Waals surface area (Å²) < 4.78 is 66.8. The maximum absolute atomic E-state index is 14.5. The molecular weight excluding hydrogens is 416 g/mol. The van der Waals surface area contributed by atoms with Gasteiger partial charge in [-0.2, -0.15) is 13.2 Å². The number of fused-ring (bicyclic) bond motifs is 1. The lowest BCUT2D eigenvalue weighted by Gasteiger charge is -2.22. The summed E-state index contributed by atoms with van der Waals surface area (Å²) in [6, 6.07) is 6.28. The molecule has 0 fully saturated rings. The molecule has 0 amide bonds. The van der Waals surface area contributed by atoms with Crippen LogP contribution in [0.15, 0.2) is 35.3 Å². The lowest BCUT2D eigenvalue weighted by molar-refractivity contribution is -0.145. The highest BCUT2D eigenvalue weighted by Crippen LogP contribution is 2.41. The highest BCUT2D eigenvalue weighted by molar-refractivity contribution is 6.15. The summed E-state index contributed by atoms with van der Waals surface area (Å²) in [4.78, 5) is 20.2. The van der Waals surface area contributed by atoms with E-state index in [0.29, 0.717) is 0 Å². The number of carbonyl (C=O) groups excluding carboxylic acids is 1. The molecule has 31 heavy (non-hydrogen) atoms. The molecule has 0 bridgehead atoms. The van der Waals surface area contributed by atoms with Crippen LogP contribution in [0, 0.1) is 11.7 Å². The third kappa shape index (κ3) is 4.86. The van der Waals surface area contributed by atoms with Crippen LogP contribution in [-0.2, 0) is 15.7 Å². The molecule has 2 unspecified atom stereocenters. The Hall–Kier alpha value is -2.97. The number of halogens is 4. The van der Waals surface area contributed by atoms with Crippen LogP contribution in [0.3, 0.4) is 0 Å². The Bertz CT molecular complexity index is 1000. The second-order valence-corrected chi connectivity index (χ2v) is 7.29. The number of aromatic nitrogens is 1. The molecule has 166 valence electrons. The van der Waals surface area contributed by atoms with E-state index in [2.05, 4.69) is 9.98 Å². The molecule has 0 saturated carbocycles. The fraction of sp³-hybridized carbons (Fsp3) is 0.409. The summed E-state index contributed by atoms with van der Waals surface area (Å²) >= 11 is 0. The topological polar surface area (TPSA) is 60.8 Å². The van der Waals surface area contributed by atoms with Gasteiger partial charge in [-0.05, 0) is 25.0 Å².